The van der Waals surface area contributed by atoms with Crippen molar-refractivity contribution in [2.24, 2.45) is 0 Å². The van der Waals surface area contributed by atoms with Crippen LogP contribution in [0.2, 0.25) is 0 Å². The van der Waals surface area contributed by atoms with Crippen LogP contribution in [0.15, 0.2) is 97.1 Å². The number of aryl methyl sites for hydroxylation is 1. The summed E-state index contributed by atoms with van der Waals surface area (Å²) in [5, 5.41) is 9.10. The highest BCUT2D eigenvalue weighted by atomic mass is 16.5. The molecule has 0 atom stereocenters. The van der Waals surface area contributed by atoms with Crippen LogP contribution in [-0.2, 0) is 6.42 Å². The van der Waals surface area contributed by atoms with Crippen molar-refractivity contribution in [1.82, 2.24) is 0 Å². The van der Waals surface area contributed by atoms with Crippen LogP contribution in [0.3, 0.4) is 0 Å². The Bertz CT molecular complexity index is 1310. The Morgan fingerprint density at radius 3 is 2.00 bits per heavy atom. The number of unbranched alkanes of at least 4 members (excludes halogenated alkanes) is 4. The molecule has 0 spiro atoms. The van der Waals surface area contributed by atoms with E-state index in [0.29, 0.717) is 16.9 Å². The predicted octanol–water partition coefficient (Wildman–Crippen LogP) is 8.62. The fourth-order valence-corrected chi connectivity index (χ4v) is 4.24. The maximum atomic E-state index is 12.7. The predicted molar refractivity (Wildman–Crippen MR) is 146 cm³/mol. The average molecular weight is 474 g/mol. The van der Waals surface area contributed by atoms with E-state index >= 15 is 0 Å². The Kier molecular flexibility index (Phi) is 8.67. The lowest BCUT2D eigenvalue weighted by Gasteiger charge is -2.08. The molecule has 0 aliphatic heterocycles. The number of benzene rings is 4. The maximum Gasteiger partial charge on any atom is 0.343 e. The standard InChI is InChI=1S/C33H31NO2/c1-2-3-4-5-6-8-25-11-13-27(14-12-25)28-15-17-30(18-16-28)33(35)36-32-21-19-29(20-22-32)31-10-7-9-26(23-31)24-34/h7,9-23H,2-6,8H2,1H3. The van der Waals surface area contributed by atoms with Crippen LogP contribution in [-0.4, -0.2) is 5.97 Å². The van der Waals surface area contributed by atoms with Gasteiger partial charge in [0, 0.05) is 0 Å². The third-order valence-electron chi connectivity index (χ3n) is 6.37. The first kappa shape index (κ1) is 24.9. The topological polar surface area (TPSA) is 50.1 Å². The average Bonchev–Trinajstić information content (AvgIpc) is 2.94. The largest absolute Gasteiger partial charge is 0.423 e. The summed E-state index contributed by atoms with van der Waals surface area (Å²) in [5.74, 6) is 0.0914. The molecular formula is C33H31NO2. The van der Waals surface area contributed by atoms with Crippen molar-refractivity contribution in [3.63, 3.8) is 0 Å². The number of nitriles is 1. The molecule has 0 amide bonds. The van der Waals surface area contributed by atoms with Crippen LogP contribution in [0, 0.1) is 11.3 Å². The van der Waals surface area contributed by atoms with E-state index in [4.69, 9.17) is 10.00 Å². The van der Waals surface area contributed by atoms with Crippen molar-refractivity contribution in [3.05, 3.63) is 114 Å². The number of hydrogen-bond acceptors (Lipinski definition) is 3. The van der Waals surface area contributed by atoms with Crippen molar-refractivity contribution < 1.29 is 9.53 Å². The van der Waals surface area contributed by atoms with Crippen LogP contribution in [0.1, 0.15) is 60.5 Å². The van der Waals surface area contributed by atoms with Gasteiger partial charge in [0.1, 0.15) is 5.75 Å². The molecule has 0 N–H and O–H groups in total. The number of carbonyl (C=O) groups is 1. The summed E-state index contributed by atoms with van der Waals surface area (Å²) in [6.45, 7) is 2.24. The minimum absolute atomic E-state index is 0.390. The molecule has 3 heteroatoms. The van der Waals surface area contributed by atoms with Crippen LogP contribution in [0.5, 0.6) is 5.75 Å². The summed E-state index contributed by atoms with van der Waals surface area (Å²) in [7, 11) is 0. The summed E-state index contributed by atoms with van der Waals surface area (Å²) in [6, 6.07) is 33.1. The molecule has 0 unspecified atom stereocenters. The monoisotopic (exact) mass is 473 g/mol. The molecule has 0 aromatic heterocycles. The van der Waals surface area contributed by atoms with Gasteiger partial charge in [0.2, 0.25) is 0 Å². The molecular weight excluding hydrogens is 442 g/mol. The van der Waals surface area contributed by atoms with Crippen LogP contribution >= 0.6 is 0 Å². The van der Waals surface area contributed by atoms with E-state index in [2.05, 4.69) is 37.3 Å². The van der Waals surface area contributed by atoms with Gasteiger partial charge in [0.15, 0.2) is 0 Å². The first-order valence-corrected chi connectivity index (χ1v) is 12.7. The number of hydrogen-bond donors (Lipinski definition) is 0. The van der Waals surface area contributed by atoms with E-state index in [0.717, 1.165) is 28.7 Å². The van der Waals surface area contributed by atoms with E-state index in [1.807, 2.05) is 42.5 Å². The second-order valence-electron chi connectivity index (χ2n) is 9.04. The highest BCUT2D eigenvalue weighted by molar-refractivity contribution is 5.91. The maximum absolute atomic E-state index is 12.7. The molecule has 180 valence electrons. The zero-order chi connectivity index (χ0) is 25.2. The van der Waals surface area contributed by atoms with Gasteiger partial charge < -0.3 is 4.74 Å². The van der Waals surface area contributed by atoms with Gasteiger partial charge in [-0.25, -0.2) is 4.79 Å². The Morgan fingerprint density at radius 1 is 0.722 bits per heavy atom. The lowest BCUT2D eigenvalue weighted by atomic mass is 10.00. The first-order valence-electron chi connectivity index (χ1n) is 12.7. The fourth-order valence-electron chi connectivity index (χ4n) is 4.24. The van der Waals surface area contributed by atoms with Crippen molar-refractivity contribution in [3.8, 4) is 34.1 Å². The van der Waals surface area contributed by atoms with E-state index in [-0.39, 0.29) is 5.97 Å². The second kappa shape index (κ2) is 12.5. The van der Waals surface area contributed by atoms with Gasteiger partial charge in [-0.15, -0.1) is 0 Å². The number of nitrogens with zero attached hydrogens (tertiary/aromatic N) is 1. The minimum Gasteiger partial charge on any atom is -0.423 e. The quantitative estimate of drug-likeness (QED) is 0.132. The van der Waals surface area contributed by atoms with Gasteiger partial charge in [0.25, 0.3) is 0 Å². The third-order valence-corrected chi connectivity index (χ3v) is 6.37. The Labute approximate surface area is 214 Å². The molecule has 3 nitrogen and oxygen atoms in total. The Balaban J connectivity index is 1.33. The number of esters is 1. The third kappa shape index (κ3) is 6.71. The molecule has 0 radical (unpaired) electrons. The molecule has 36 heavy (non-hydrogen) atoms. The number of ether oxygens (including phenoxy) is 1. The fraction of sp³-hybridized carbons (Fsp3) is 0.212. The lowest BCUT2D eigenvalue weighted by molar-refractivity contribution is 0.0735. The van der Waals surface area contributed by atoms with Gasteiger partial charge in [-0.3, -0.25) is 0 Å². The van der Waals surface area contributed by atoms with Crippen LogP contribution in [0.25, 0.3) is 22.3 Å². The van der Waals surface area contributed by atoms with Crippen LogP contribution in [0.4, 0.5) is 0 Å². The highest BCUT2D eigenvalue weighted by Gasteiger charge is 2.10. The lowest BCUT2D eigenvalue weighted by Crippen LogP contribution is -2.08. The highest BCUT2D eigenvalue weighted by Crippen LogP contribution is 2.25. The molecule has 0 aliphatic rings. The van der Waals surface area contributed by atoms with Gasteiger partial charge in [-0.05, 0) is 77.1 Å². The van der Waals surface area contributed by atoms with Gasteiger partial charge in [-0.1, -0.05) is 93.3 Å². The molecule has 4 aromatic rings. The van der Waals surface area contributed by atoms with Crippen LogP contribution < -0.4 is 4.74 Å². The molecule has 0 bridgehead atoms. The molecule has 0 saturated carbocycles. The van der Waals surface area contributed by atoms with Gasteiger partial charge in [-0.2, -0.15) is 5.26 Å². The molecule has 0 fully saturated rings. The zero-order valence-corrected chi connectivity index (χ0v) is 20.7. The zero-order valence-electron chi connectivity index (χ0n) is 20.7. The molecule has 4 aromatic carbocycles. The second-order valence-corrected chi connectivity index (χ2v) is 9.04. The first-order chi connectivity index (χ1) is 17.7. The molecule has 4 rings (SSSR count). The smallest absolute Gasteiger partial charge is 0.343 e. The number of rotatable bonds is 10. The van der Waals surface area contributed by atoms with Crippen molar-refractivity contribution in [1.29, 1.82) is 5.26 Å². The van der Waals surface area contributed by atoms with E-state index < -0.39 is 0 Å². The summed E-state index contributed by atoms with van der Waals surface area (Å²) < 4.78 is 5.57. The van der Waals surface area contributed by atoms with E-state index in [1.165, 1.54) is 37.7 Å². The Hall–Kier alpha value is -4.16. The Morgan fingerprint density at radius 2 is 1.33 bits per heavy atom. The van der Waals surface area contributed by atoms with Crippen molar-refractivity contribution in [2.45, 2.75) is 45.4 Å². The normalized spacial score (nSPS) is 10.6. The number of carbonyl (C=O) groups excluding carboxylic acids is 1. The SMILES string of the molecule is CCCCCCCc1ccc(-c2ccc(C(=O)Oc3ccc(-c4cccc(C#N)c4)cc3)cc2)cc1. The molecule has 0 saturated heterocycles. The molecule has 0 heterocycles. The molecule has 0 aliphatic carbocycles. The summed E-state index contributed by atoms with van der Waals surface area (Å²) in [4.78, 5) is 12.7. The van der Waals surface area contributed by atoms with Gasteiger partial charge >= 0.3 is 5.97 Å². The van der Waals surface area contributed by atoms with Gasteiger partial charge in [0.05, 0.1) is 17.2 Å². The summed E-state index contributed by atoms with van der Waals surface area (Å²) >= 11 is 0. The van der Waals surface area contributed by atoms with E-state index in [1.54, 1.807) is 30.3 Å². The van der Waals surface area contributed by atoms with Crippen molar-refractivity contribution >= 4 is 5.97 Å². The van der Waals surface area contributed by atoms with E-state index in [9.17, 15) is 4.79 Å². The minimum atomic E-state index is -0.390. The summed E-state index contributed by atoms with van der Waals surface area (Å²) in [6.07, 6.45) is 7.60. The summed E-state index contributed by atoms with van der Waals surface area (Å²) in [5.41, 5.74) is 6.61. The van der Waals surface area contributed by atoms with Crippen molar-refractivity contribution in [2.75, 3.05) is 0 Å².